The van der Waals surface area contributed by atoms with Crippen molar-refractivity contribution in [3.05, 3.63) is 30.2 Å². The molecular weight excluding hydrogens is 188 g/mol. The number of rotatable bonds is 3. The highest BCUT2D eigenvalue weighted by Gasteiger charge is 2.07. The quantitative estimate of drug-likeness (QED) is 0.765. The third-order valence-corrected chi connectivity index (χ3v) is 2.55. The molecule has 0 fully saturated rings. The van der Waals surface area contributed by atoms with Crippen molar-refractivity contribution in [3.8, 4) is 6.07 Å². The summed E-state index contributed by atoms with van der Waals surface area (Å²) in [7, 11) is 0. The molecule has 15 heavy (non-hydrogen) atoms. The molecule has 0 aliphatic rings. The van der Waals surface area contributed by atoms with E-state index in [1.54, 1.807) is 0 Å². The summed E-state index contributed by atoms with van der Waals surface area (Å²) in [6.45, 7) is 2.03. The van der Waals surface area contributed by atoms with E-state index in [0.29, 0.717) is 0 Å². The van der Waals surface area contributed by atoms with Gasteiger partial charge in [-0.2, -0.15) is 5.26 Å². The van der Waals surface area contributed by atoms with Gasteiger partial charge in [-0.05, 0) is 30.5 Å². The lowest BCUT2D eigenvalue weighted by atomic mass is 9.98. The first-order valence-corrected chi connectivity index (χ1v) is 5.05. The fraction of sp³-hybridized carbons (Fsp3) is 0.333. The van der Waals surface area contributed by atoms with Crippen LogP contribution in [0.4, 0.5) is 0 Å². The van der Waals surface area contributed by atoms with Gasteiger partial charge in [0.1, 0.15) is 5.52 Å². The Balaban J connectivity index is 2.25. The second-order valence-corrected chi connectivity index (χ2v) is 3.59. The second kappa shape index (κ2) is 4.14. The third-order valence-electron chi connectivity index (χ3n) is 2.55. The normalized spacial score (nSPS) is 12.5. The largest absolute Gasteiger partial charge is 0.443 e. The van der Waals surface area contributed by atoms with Crippen molar-refractivity contribution in [1.82, 2.24) is 4.98 Å². The Labute approximate surface area is 88.3 Å². The number of nitrogens with zero attached hydrogens (tertiary/aromatic N) is 2. The smallest absolute Gasteiger partial charge is 0.181 e. The van der Waals surface area contributed by atoms with Crippen LogP contribution >= 0.6 is 0 Å². The van der Waals surface area contributed by atoms with Gasteiger partial charge < -0.3 is 4.42 Å². The maximum atomic E-state index is 8.87. The molecular formula is C12H12N2O. The molecule has 0 radical (unpaired) electrons. The molecule has 0 N–H and O–H groups in total. The van der Waals surface area contributed by atoms with E-state index in [4.69, 9.17) is 9.68 Å². The lowest BCUT2D eigenvalue weighted by Crippen LogP contribution is -1.99. The van der Waals surface area contributed by atoms with E-state index in [9.17, 15) is 0 Å². The fourth-order valence-electron chi connectivity index (χ4n) is 1.59. The summed E-state index contributed by atoms with van der Waals surface area (Å²) in [5, 5.41) is 8.87. The van der Waals surface area contributed by atoms with Gasteiger partial charge in [0.15, 0.2) is 12.0 Å². The van der Waals surface area contributed by atoms with Crippen molar-refractivity contribution < 1.29 is 4.42 Å². The van der Waals surface area contributed by atoms with Crippen LogP contribution in [0.2, 0.25) is 0 Å². The van der Waals surface area contributed by atoms with Gasteiger partial charge in [-0.15, -0.1) is 0 Å². The average Bonchev–Trinajstić information content (AvgIpc) is 2.73. The molecule has 3 heteroatoms. The van der Waals surface area contributed by atoms with Crippen LogP contribution in [0, 0.1) is 17.2 Å². The van der Waals surface area contributed by atoms with Gasteiger partial charge >= 0.3 is 0 Å². The molecule has 0 aliphatic carbocycles. The summed E-state index contributed by atoms with van der Waals surface area (Å²) < 4.78 is 5.21. The van der Waals surface area contributed by atoms with Crippen LogP contribution in [-0.4, -0.2) is 4.98 Å². The molecule has 76 valence electrons. The zero-order chi connectivity index (χ0) is 10.7. The summed E-state index contributed by atoms with van der Waals surface area (Å²) in [6.07, 6.45) is 3.10. The van der Waals surface area contributed by atoms with Crippen LogP contribution in [0.1, 0.15) is 18.9 Å². The van der Waals surface area contributed by atoms with Gasteiger partial charge in [0, 0.05) is 0 Å². The first-order chi connectivity index (χ1) is 7.33. The molecule has 0 saturated carbocycles. The molecule has 1 atom stereocenters. The van der Waals surface area contributed by atoms with Crippen molar-refractivity contribution in [2.75, 3.05) is 0 Å². The Morgan fingerprint density at radius 2 is 2.40 bits per heavy atom. The number of hydrogen-bond acceptors (Lipinski definition) is 3. The molecule has 1 heterocycles. The molecule has 0 saturated heterocycles. The van der Waals surface area contributed by atoms with E-state index >= 15 is 0 Å². The molecule has 0 aliphatic heterocycles. The van der Waals surface area contributed by atoms with Crippen molar-refractivity contribution >= 4 is 11.1 Å². The molecule has 2 aromatic rings. The molecule has 1 unspecified atom stereocenters. The first kappa shape index (κ1) is 9.72. The summed E-state index contributed by atoms with van der Waals surface area (Å²) in [4.78, 5) is 4.05. The summed E-state index contributed by atoms with van der Waals surface area (Å²) in [6, 6.07) is 8.19. The van der Waals surface area contributed by atoms with Gasteiger partial charge in [0.05, 0.1) is 12.0 Å². The van der Waals surface area contributed by atoms with E-state index in [1.165, 1.54) is 6.39 Å². The van der Waals surface area contributed by atoms with Gasteiger partial charge in [-0.25, -0.2) is 4.98 Å². The Bertz CT molecular complexity index is 496. The highest BCUT2D eigenvalue weighted by Crippen LogP contribution is 2.17. The van der Waals surface area contributed by atoms with Gasteiger partial charge in [0.25, 0.3) is 0 Å². The van der Waals surface area contributed by atoms with Gasteiger partial charge in [-0.1, -0.05) is 13.0 Å². The molecule has 0 spiro atoms. The predicted molar refractivity (Wildman–Crippen MR) is 57.1 cm³/mol. The number of fused-ring (bicyclic) bond motifs is 1. The Hall–Kier alpha value is -1.82. The Kier molecular flexibility index (Phi) is 2.68. The lowest BCUT2D eigenvalue weighted by molar-refractivity contribution is 0.599. The van der Waals surface area contributed by atoms with E-state index in [-0.39, 0.29) is 5.92 Å². The maximum Gasteiger partial charge on any atom is 0.181 e. The third kappa shape index (κ3) is 1.99. The zero-order valence-corrected chi connectivity index (χ0v) is 8.60. The van der Waals surface area contributed by atoms with E-state index < -0.39 is 0 Å². The number of nitriles is 1. The molecule has 3 nitrogen and oxygen atoms in total. The average molecular weight is 200 g/mol. The minimum Gasteiger partial charge on any atom is -0.443 e. The molecule has 1 aromatic carbocycles. The minimum absolute atomic E-state index is 0.0883. The Morgan fingerprint density at radius 1 is 1.53 bits per heavy atom. The number of hydrogen-bond donors (Lipinski definition) is 0. The SMILES string of the molecule is CCC(C#N)Cc1ccc2ncoc2c1. The van der Waals surface area contributed by atoms with Crippen molar-refractivity contribution in [3.63, 3.8) is 0 Å². The molecule has 0 amide bonds. The second-order valence-electron chi connectivity index (χ2n) is 3.59. The summed E-state index contributed by atoms with van der Waals surface area (Å²) >= 11 is 0. The lowest BCUT2D eigenvalue weighted by Gasteiger charge is -2.04. The van der Waals surface area contributed by atoms with Gasteiger partial charge in [0.2, 0.25) is 0 Å². The van der Waals surface area contributed by atoms with Crippen LogP contribution in [0.5, 0.6) is 0 Å². The predicted octanol–water partition coefficient (Wildman–Crippen LogP) is 2.92. The highest BCUT2D eigenvalue weighted by molar-refractivity contribution is 5.72. The van der Waals surface area contributed by atoms with Crippen molar-refractivity contribution in [2.24, 2.45) is 5.92 Å². The van der Waals surface area contributed by atoms with E-state index in [1.807, 2.05) is 25.1 Å². The first-order valence-electron chi connectivity index (χ1n) is 5.05. The molecule has 2 rings (SSSR count). The highest BCUT2D eigenvalue weighted by atomic mass is 16.3. The monoisotopic (exact) mass is 200 g/mol. The maximum absolute atomic E-state index is 8.87. The van der Waals surface area contributed by atoms with Crippen molar-refractivity contribution in [2.45, 2.75) is 19.8 Å². The van der Waals surface area contributed by atoms with Crippen molar-refractivity contribution in [1.29, 1.82) is 5.26 Å². The summed E-state index contributed by atoms with van der Waals surface area (Å²) in [5.74, 6) is 0.0883. The number of benzene rings is 1. The van der Waals surface area contributed by atoms with Crippen LogP contribution in [-0.2, 0) is 6.42 Å². The van der Waals surface area contributed by atoms with Crippen LogP contribution in [0.25, 0.3) is 11.1 Å². The molecule has 0 bridgehead atoms. The van der Waals surface area contributed by atoms with E-state index in [0.717, 1.165) is 29.5 Å². The number of aromatic nitrogens is 1. The standard InChI is InChI=1S/C12H12N2O/c1-2-9(7-13)5-10-3-4-11-12(6-10)15-8-14-11/h3-4,6,8-9H,2,5H2,1H3. The minimum atomic E-state index is 0.0883. The van der Waals surface area contributed by atoms with Crippen LogP contribution < -0.4 is 0 Å². The zero-order valence-electron chi connectivity index (χ0n) is 8.60. The van der Waals surface area contributed by atoms with Gasteiger partial charge in [-0.3, -0.25) is 0 Å². The summed E-state index contributed by atoms with van der Waals surface area (Å²) in [5.41, 5.74) is 2.79. The fourth-order valence-corrected chi connectivity index (χ4v) is 1.59. The Morgan fingerprint density at radius 3 is 3.13 bits per heavy atom. The topological polar surface area (TPSA) is 49.8 Å². The number of oxazole rings is 1. The van der Waals surface area contributed by atoms with Crippen LogP contribution in [0.15, 0.2) is 29.0 Å². The molecule has 1 aromatic heterocycles. The van der Waals surface area contributed by atoms with Crippen LogP contribution in [0.3, 0.4) is 0 Å². The van der Waals surface area contributed by atoms with E-state index in [2.05, 4.69) is 11.1 Å².